The number of fused-ring (bicyclic) bond motifs is 1. The molecule has 160 valence electrons. The summed E-state index contributed by atoms with van der Waals surface area (Å²) in [5.41, 5.74) is 2.67. The van der Waals surface area contributed by atoms with Gasteiger partial charge >= 0.3 is 12.2 Å². The van der Waals surface area contributed by atoms with Crippen molar-refractivity contribution in [2.24, 2.45) is 0 Å². The SMILES string of the molecule is COc1ncc(-c2cc([C@H]3C[C@@H]3c3cnc(C(F)(F)F)s3)c3nccn3n2)c(OC)n1. The Bertz CT molecular complexity index is 1270. The van der Waals surface area contributed by atoms with Crippen LogP contribution in [0.4, 0.5) is 13.2 Å². The van der Waals surface area contributed by atoms with Gasteiger partial charge in [0.2, 0.25) is 5.88 Å². The van der Waals surface area contributed by atoms with Crippen LogP contribution >= 0.6 is 11.3 Å². The quantitative estimate of drug-likeness (QED) is 0.457. The molecule has 0 saturated heterocycles. The van der Waals surface area contributed by atoms with E-state index in [9.17, 15) is 13.2 Å². The molecule has 8 nitrogen and oxygen atoms in total. The first-order valence-electron chi connectivity index (χ1n) is 9.21. The summed E-state index contributed by atoms with van der Waals surface area (Å²) >= 11 is 0.694. The first-order valence-corrected chi connectivity index (χ1v) is 10.0. The molecule has 1 aliphatic carbocycles. The molecule has 1 aliphatic rings. The van der Waals surface area contributed by atoms with Crippen LogP contribution in [0.25, 0.3) is 16.9 Å². The predicted molar refractivity (Wildman–Crippen MR) is 104 cm³/mol. The third-order valence-corrected chi connectivity index (χ3v) is 6.27. The number of aromatic nitrogens is 6. The Kier molecular flexibility index (Phi) is 4.54. The Hall–Kier alpha value is -3.28. The fourth-order valence-electron chi connectivity index (χ4n) is 3.57. The first-order chi connectivity index (χ1) is 14.9. The standard InChI is InChI=1S/C19H15F3N6O2S/c1-29-16-12(7-25-18(26-16)30-2)13-6-11(15-23-3-4-28(15)27-13)9-5-10(9)14-8-24-17(31-14)19(20,21)22/h3-4,6-10H,5H2,1-2H3/t9-,10-/m0/s1. The zero-order valence-corrected chi connectivity index (χ0v) is 17.1. The minimum Gasteiger partial charge on any atom is -0.480 e. The number of halogens is 3. The molecule has 4 aromatic heterocycles. The lowest BCUT2D eigenvalue weighted by Gasteiger charge is -2.10. The Morgan fingerprint density at radius 2 is 1.94 bits per heavy atom. The van der Waals surface area contributed by atoms with Gasteiger partial charge in [0.05, 0.1) is 25.5 Å². The van der Waals surface area contributed by atoms with Crippen molar-refractivity contribution in [3.8, 4) is 23.1 Å². The normalized spacial score (nSPS) is 18.4. The molecule has 31 heavy (non-hydrogen) atoms. The van der Waals surface area contributed by atoms with Crippen LogP contribution in [0.2, 0.25) is 0 Å². The molecule has 12 heteroatoms. The highest BCUT2D eigenvalue weighted by atomic mass is 32.1. The molecule has 4 aromatic rings. The number of imidazole rings is 1. The maximum absolute atomic E-state index is 12.9. The molecular formula is C19H15F3N6O2S. The van der Waals surface area contributed by atoms with Crippen molar-refractivity contribution < 1.29 is 22.6 Å². The number of nitrogens with zero attached hydrogens (tertiary/aromatic N) is 6. The van der Waals surface area contributed by atoms with Gasteiger partial charge in [-0.1, -0.05) is 0 Å². The monoisotopic (exact) mass is 448 g/mol. The van der Waals surface area contributed by atoms with Gasteiger partial charge in [0.25, 0.3) is 0 Å². The van der Waals surface area contributed by atoms with E-state index in [1.807, 2.05) is 6.07 Å². The largest absolute Gasteiger partial charge is 0.480 e. The molecule has 4 heterocycles. The third kappa shape index (κ3) is 3.46. The van der Waals surface area contributed by atoms with Crippen molar-refractivity contribution in [3.05, 3.63) is 46.3 Å². The fraction of sp³-hybridized carbons (Fsp3) is 0.316. The van der Waals surface area contributed by atoms with Crippen LogP contribution in [0.5, 0.6) is 11.9 Å². The predicted octanol–water partition coefficient (Wildman–Crippen LogP) is 3.95. The number of alkyl halides is 3. The van der Waals surface area contributed by atoms with Crippen LogP contribution in [0, 0.1) is 0 Å². The van der Waals surface area contributed by atoms with E-state index in [1.165, 1.54) is 20.4 Å². The van der Waals surface area contributed by atoms with Gasteiger partial charge < -0.3 is 9.47 Å². The molecule has 2 atom stereocenters. The maximum atomic E-state index is 12.9. The Morgan fingerprint density at radius 1 is 1.10 bits per heavy atom. The van der Waals surface area contributed by atoms with Gasteiger partial charge in [-0.25, -0.2) is 19.5 Å². The lowest BCUT2D eigenvalue weighted by atomic mass is 10.1. The average Bonchev–Trinajstić information content (AvgIpc) is 3.15. The van der Waals surface area contributed by atoms with Gasteiger partial charge in [-0.15, -0.1) is 11.3 Å². The summed E-state index contributed by atoms with van der Waals surface area (Å²) in [6.45, 7) is 0. The van der Waals surface area contributed by atoms with E-state index in [1.54, 1.807) is 23.1 Å². The van der Waals surface area contributed by atoms with Gasteiger partial charge in [-0.3, -0.25) is 0 Å². The van der Waals surface area contributed by atoms with E-state index >= 15 is 0 Å². The Labute approximate surface area is 177 Å². The summed E-state index contributed by atoms with van der Waals surface area (Å²) in [5, 5.41) is 3.75. The van der Waals surface area contributed by atoms with Crippen LogP contribution in [-0.4, -0.2) is 43.8 Å². The number of hydrogen-bond donors (Lipinski definition) is 0. The average molecular weight is 448 g/mol. The zero-order chi connectivity index (χ0) is 21.8. The van der Waals surface area contributed by atoms with Crippen LogP contribution in [-0.2, 0) is 6.18 Å². The number of hydrogen-bond acceptors (Lipinski definition) is 8. The van der Waals surface area contributed by atoms with Crippen molar-refractivity contribution in [2.75, 3.05) is 14.2 Å². The minimum absolute atomic E-state index is 0.0124. The molecule has 0 N–H and O–H groups in total. The lowest BCUT2D eigenvalue weighted by Crippen LogP contribution is -2.03. The number of ether oxygens (including phenoxy) is 2. The summed E-state index contributed by atoms with van der Waals surface area (Å²) in [5.74, 6) is 0.270. The van der Waals surface area contributed by atoms with Crippen LogP contribution in [0.1, 0.15) is 33.7 Å². The molecule has 0 aromatic carbocycles. The number of thiazole rings is 1. The second kappa shape index (κ2) is 7.15. The molecule has 1 fully saturated rings. The van der Waals surface area contributed by atoms with Crippen molar-refractivity contribution in [3.63, 3.8) is 0 Å². The first kappa shape index (κ1) is 19.7. The summed E-state index contributed by atoms with van der Waals surface area (Å²) in [6.07, 6.45) is 2.50. The second-order valence-corrected chi connectivity index (χ2v) is 8.04. The Morgan fingerprint density at radius 3 is 2.65 bits per heavy atom. The molecule has 1 saturated carbocycles. The van der Waals surface area contributed by atoms with Crippen molar-refractivity contribution >= 4 is 17.0 Å². The van der Waals surface area contributed by atoms with E-state index in [0.717, 1.165) is 5.56 Å². The molecule has 5 rings (SSSR count). The van der Waals surface area contributed by atoms with Gasteiger partial charge in [0.1, 0.15) is 0 Å². The topological polar surface area (TPSA) is 87.3 Å². The molecule has 0 bridgehead atoms. The summed E-state index contributed by atoms with van der Waals surface area (Å²) in [4.78, 5) is 16.9. The smallest absolute Gasteiger partial charge is 0.443 e. The third-order valence-electron chi connectivity index (χ3n) is 5.09. The highest BCUT2D eigenvalue weighted by molar-refractivity contribution is 7.11. The summed E-state index contributed by atoms with van der Waals surface area (Å²) in [6, 6.07) is 2.03. The fourth-order valence-corrected chi connectivity index (χ4v) is 4.53. The van der Waals surface area contributed by atoms with Crippen LogP contribution < -0.4 is 9.47 Å². The summed E-state index contributed by atoms with van der Waals surface area (Å²) < 4.78 is 50.8. The van der Waals surface area contributed by atoms with Crippen molar-refractivity contribution in [1.29, 1.82) is 0 Å². The highest BCUT2D eigenvalue weighted by Gasteiger charge is 2.44. The van der Waals surface area contributed by atoms with Gasteiger partial charge in [-0.2, -0.15) is 23.3 Å². The second-order valence-electron chi connectivity index (χ2n) is 6.97. The minimum atomic E-state index is -4.43. The Balaban J connectivity index is 1.54. The van der Waals surface area contributed by atoms with Gasteiger partial charge in [-0.05, 0) is 18.4 Å². The van der Waals surface area contributed by atoms with Crippen molar-refractivity contribution in [2.45, 2.75) is 24.4 Å². The van der Waals surface area contributed by atoms with Gasteiger partial charge in [0.15, 0.2) is 10.7 Å². The van der Waals surface area contributed by atoms with E-state index in [0.29, 0.717) is 45.4 Å². The molecule has 0 radical (unpaired) electrons. The van der Waals surface area contributed by atoms with Crippen LogP contribution in [0.3, 0.4) is 0 Å². The molecule has 0 amide bonds. The van der Waals surface area contributed by atoms with E-state index in [-0.39, 0.29) is 17.8 Å². The zero-order valence-electron chi connectivity index (χ0n) is 16.3. The summed E-state index contributed by atoms with van der Waals surface area (Å²) in [7, 11) is 2.94. The number of rotatable bonds is 5. The molecule has 0 aliphatic heterocycles. The van der Waals surface area contributed by atoms with Crippen LogP contribution in [0.15, 0.2) is 30.9 Å². The molecule has 0 unspecified atom stereocenters. The highest BCUT2D eigenvalue weighted by Crippen LogP contribution is 2.57. The maximum Gasteiger partial charge on any atom is 0.443 e. The van der Waals surface area contributed by atoms with Crippen molar-refractivity contribution in [1.82, 2.24) is 29.5 Å². The van der Waals surface area contributed by atoms with E-state index in [4.69, 9.17) is 9.47 Å². The number of methoxy groups -OCH3 is 2. The lowest BCUT2D eigenvalue weighted by molar-refractivity contribution is -0.137. The molecule has 0 spiro atoms. The van der Waals surface area contributed by atoms with E-state index < -0.39 is 11.2 Å². The van der Waals surface area contributed by atoms with E-state index in [2.05, 4.69) is 25.0 Å². The molecular weight excluding hydrogens is 433 g/mol. The van der Waals surface area contributed by atoms with Gasteiger partial charge in [0, 0.05) is 41.1 Å².